The summed E-state index contributed by atoms with van der Waals surface area (Å²) in [6, 6.07) is 4.18. The summed E-state index contributed by atoms with van der Waals surface area (Å²) in [5, 5.41) is 0. The Morgan fingerprint density at radius 1 is 1.17 bits per heavy atom. The van der Waals surface area contributed by atoms with Gasteiger partial charge in [0.2, 0.25) is 0 Å². The molecule has 2 aliphatic rings. The van der Waals surface area contributed by atoms with Crippen LogP contribution in [-0.2, 0) is 0 Å². The maximum absolute atomic E-state index is 6.13. The summed E-state index contributed by atoms with van der Waals surface area (Å²) < 4.78 is 0. The molecule has 0 unspecified atom stereocenters. The van der Waals surface area contributed by atoms with Gasteiger partial charge in [-0.25, -0.2) is 0 Å². The van der Waals surface area contributed by atoms with Crippen molar-refractivity contribution >= 4 is 47.4 Å². The van der Waals surface area contributed by atoms with Crippen LogP contribution in [0.4, 0.5) is 5.69 Å². The lowest BCUT2D eigenvalue weighted by Crippen LogP contribution is -2.43. The lowest BCUT2D eigenvalue weighted by Gasteiger charge is -2.33. The van der Waals surface area contributed by atoms with E-state index >= 15 is 0 Å². The molecular weight excluding hydrogens is 421 g/mol. The molecule has 0 aliphatic carbocycles. The van der Waals surface area contributed by atoms with Gasteiger partial charge in [-0.05, 0) is 30.9 Å². The van der Waals surface area contributed by atoms with Crippen LogP contribution in [0.3, 0.4) is 0 Å². The monoisotopic (exact) mass is 447 g/mol. The van der Waals surface area contributed by atoms with E-state index < -0.39 is 0 Å². The molecule has 3 rings (SSSR count). The molecule has 2 saturated heterocycles. The van der Waals surface area contributed by atoms with Crippen LogP contribution in [0.2, 0.25) is 0 Å². The van der Waals surface area contributed by atoms with Gasteiger partial charge in [0.05, 0.1) is 0 Å². The Labute approximate surface area is 160 Å². The van der Waals surface area contributed by atoms with E-state index in [1.54, 1.807) is 0 Å². The maximum atomic E-state index is 6.13. The minimum absolute atomic E-state index is 0. The van der Waals surface area contributed by atoms with Gasteiger partial charge in [-0.2, -0.15) is 11.8 Å². The summed E-state index contributed by atoms with van der Waals surface area (Å²) in [7, 11) is 0. The number of thioether (sulfide) groups is 1. The Kier molecular flexibility index (Phi) is 7.75. The van der Waals surface area contributed by atoms with Crippen LogP contribution < -0.4 is 10.6 Å². The highest BCUT2D eigenvalue weighted by Gasteiger charge is 2.20. The molecule has 0 amide bonds. The van der Waals surface area contributed by atoms with Crippen LogP contribution >= 0.6 is 35.7 Å². The smallest absolute Gasteiger partial charge is 0.191 e. The van der Waals surface area contributed by atoms with Crippen molar-refractivity contribution < 1.29 is 0 Å². The van der Waals surface area contributed by atoms with Crippen LogP contribution in [-0.4, -0.2) is 60.1 Å². The zero-order chi connectivity index (χ0) is 15.2. The van der Waals surface area contributed by atoms with Gasteiger partial charge in [0, 0.05) is 62.3 Å². The molecular formula is C16H26IN5S. The van der Waals surface area contributed by atoms with Crippen molar-refractivity contribution in [2.75, 3.05) is 49.1 Å². The number of piperidine rings is 1. The third-order valence-electron chi connectivity index (χ3n) is 4.49. The Balaban J connectivity index is 0.00000192. The largest absolute Gasteiger partial charge is 0.371 e. The fourth-order valence-electron chi connectivity index (χ4n) is 3.04. The van der Waals surface area contributed by atoms with E-state index in [0.717, 1.165) is 38.7 Å². The molecule has 1 aromatic rings. The van der Waals surface area contributed by atoms with Gasteiger partial charge in [-0.15, -0.1) is 24.0 Å². The van der Waals surface area contributed by atoms with Gasteiger partial charge in [0.15, 0.2) is 5.96 Å². The zero-order valence-electron chi connectivity index (χ0n) is 13.4. The minimum atomic E-state index is 0. The maximum Gasteiger partial charge on any atom is 0.191 e. The molecule has 7 heteroatoms. The van der Waals surface area contributed by atoms with Crippen LogP contribution in [0.25, 0.3) is 0 Å². The topological polar surface area (TPSA) is 57.8 Å². The molecule has 2 aliphatic heterocycles. The van der Waals surface area contributed by atoms with Crippen molar-refractivity contribution in [2.24, 2.45) is 16.6 Å². The number of hydrogen-bond acceptors (Lipinski definition) is 4. The first kappa shape index (κ1) is 18.6. The number of aromatic nitrogens is 1. The number of nitrogens with two attached hydrogens (primary N) is 1. The Hall–Kier alpha value is -0.700. The number of guanidine groups is 1. The fourth-order valence-corrected chi connectivity index (χ4v) is 3.95. The molecule has 128 valence electrons. The van der Waals surface area contributed by atoms with E-state index in [1.807, 2.05) is 24.2 Å². The summed E-state index contributed by atoms with van der Waals surface area (Å²) in [6.07, 6.45) is 6.11. The highest BCUT2D eigenvalue weighted by atomic mass is 127. The summed E-state index contributed by atoms with van der Waals surface area (Å²) >= 11 is 2.00. The van der Waals surface area contributed by atoms with E-state index in [1.165, 1.54) is 30.0 Å². The number of pyridine rings is 1. The molecule has 2 fully saturated rings. The van der Waals surface area contributed by atoms with Crippen LogP contribution in [0.15, 0.2) is 29.5 Å². The van der Waals surface area contributed by atoms with Crippen molar-refractivity contribution in [3.8, 4) is 0 Å². The Morgan fingerprint density at radius 3 is 2.48 bits per heavy atom. The molecule has 0 bridgehead atoms. The highest BCUT2D eigenvalue weighted by Crippen LogP contribution is 2.22. The fraction of sp³-hybridized carbons (Fsp3) is 0.625. The second-order valence-corrected chi connectivity index (χ2v) is 7.16. The molecule has 23 heavy (non-hydrogen) atoms. The standard InChI is InChI=1S/C16H25N5S.HI/c17-16(21-9-11-22-12-10-21)19-13-14-3-7-20(8-4-14)15-1-5-18-6-2-15;/h1-2,5-6,14H,3-4,7-13H2,(H2,17,19);1H. The quantitative estimate of drug-likeness (QED) is 0.438. The highest BCUT2D eigenvalue weighted by molar-refractivity contribution is 14.0. The molecule has 0 spiro atoms. The second kappa shape index (κ2) is 9.56. The Morgan fingerprint density at radius 2 is 1.83 bits per heavy atom. The zero-order valence-corrected chi connectivity index (χ0v) is 16.6. The van der Waals surface area contributed by atoms with Crippen molar-refractivity contribution in [3.05, 3.63) is 24.5 Å². The lowest BCUT2D eigenvalue weighted by molar-refractivity contribution is 0.407. The second-order valence-electron chi connectivity index (χ2n) is 5.93. The summed E-state index contributed by atoms with van der Waals surface area (Å²) in [4.78, 5) is 13.4. The number of rotatable bonds is 3. The van der Waals surface area contributed by atoms with Gasteiger partial charge < -0.3 is 15.5 Å². The third-order valence-corrected chi connectivity index (χ3v) is 5.43. The van der Waals surface area contributed by atoms with Crippen LogP contribution in [0.5, 0.6) is 0 Å². The van der Waals surface area contributed by atoms with Gasteiger partial charge in [-0.1, -0.05) is 0 Å². The molecule has 3 heterocycles. The van der Waals surface area contributed by atoms with E-state index in [9.17, 15) is 0 Å². The first-order chi connectivity index (χ1) is 10.8. The number of anilines is 1. The molecule has 0 aromatic carbocycles. The van der Waals surface area contributed by atoms with Crippen molar-refractivity contribution in [1.29, 1.82) is 0 Å². The molecule has 0 radical (unpaired) electrons. The van der Waals surface area contributed by atoms with Gasteiger partial charge in [0.25, 0.3) is 0 Å². The first-order valence-corrected chi connectivity index (χ1v) is 9.26. The van der Waals surface area contributed by atoms with Crippen LogP contribution in [0, 0.1) is 5.92 Å². The van der Waals surface area contributed by atoms with Crippen molar-refractivity contribution in [3.63, 3.8) is 0 Å². The summed E-state index contributed by atoms with van der Waals surface area (Å²) in [5.41, 5.74) is 7.41. The number of nitrogens with zero attached hydrogens (tertiary/aromatic N) is 4. The molecule has 1 aromatic heterocycles. The van der Waals surface area contributed by atoms with E-state index in [0.29, 0.717) is 5.92 Å². The Bertz CT molecular complexity index is 485. The predicted molar refractivity (Wildman–Crippen MR) is 110 cm³/mol. The lowest BCUT2D eigenvalue weighted by atomic mass is 9.97. The average Bonchev–Trinajstić information content (AvgIpc) is 2.61. The summed E-state index contributed by atoms with van der Waals surface area (Å²) in [6.45, 7) is 5.16. The first-order valence-electron chi connectivity index (χ1n) is 8.10. The number of halogens is 1. The normalized spacial score (nSPS) is 20.3. The molecule has 5 nitrogen and oxygen atoms in total. The number of aliphatic imine (C=N–C) groups is 1. The predicted octanol–water partition coefficient (Wildman–Crippen LogP) is 2.28. The molecule has 0 saturated carbocycles. The van der Waals surface area contributed by atoms with Gasteiger partial charge in [0.1, 0.15) is 0 Å². The minimum Gasteiger partial charge on any atom is -0.371 e. The van der Waals surface area contributed by atoms with Gasteiger partial charge in [-0.3, -0.25) is 9.98 Å². The average molecular weight is 447 g/mol. The van der Waals surface area contributed by atoms with Crippen LogP contribution in [0.1, 0.15) is 12.8 Å². The third kappa shape index (κ3) is 5.41. The van der Waals surface area contributed by atoms with Crippen molar-refractivity contribution in [1.82, 2.24) is 9.88 Å². The van der Waals surface area contributed by atoms with E-state index in [2.05, 4.69) is 31.9 Å². The summed E-state index contributed by atoms with van der Waals surface area (Å²) in [5.74, 6) is 3.74. The number of hydrogen-bond donors (Lipinski definition) is 1. The van der Waals surface area contributed by atoms with E-state index in [-0.39, 0.29) is 24.0 Å². The SMILES string of the molecule is I.NC(=NCC1CCN(c2ccncc2)CC1)N1CCSCC1. The van der Waals surface area contributed by atoms with E-state index in [4.69, 9.17) is 5.73 Å². The van der Waals surface area contributed by atoms with Crippen molar-refractivity contribution in [2.45, 2.75) is 12.8 Å². The molecule has 2 N–H and O–H groups in total. The van der Waals surface area contributed by atoms with Gasteiger partial charge >= 0.3 is 0 Å². The molecule has 0 atom stereocenters.